The number of azide groups is 1. The summed E-state index contributed by atoms with van der Waals surface area (Å²) in [5.41, 5.74) is 8.90. The van der Waals surface area contributed by atoms with Crippen molar-refractivity contribution >= 4 is 18.7 Å². The van der Waals surface area contributed by atoms with Gasteiger partial charge >= 0.3 is 0 Å². The van der Waals surface area contributed by atoms with E-state index in [1.165, 1.54) is 10.4 Å². The van der Waals surface area contributed by atoms with Crippen molar-refractivity contribution in [3.05, 3.63) is 71.1 Å². The van der Waals surface area contributed by atoms with Gasteiger partial charge in [0.05, 0.1) is 18.8 Å². The SMILES string of the molecule is CC(C)(C)[Si](OC[C@@H](N=[N+]=[N-])[C@@H]1CO1)(c1ccccc1)c1ccccc1. The summed E-state index contributed by atoms with van der Waals surface area (Å²) in [6.45, 7) is 7.69. The largest absolute Gasteiger partial charge is 0.407 e. The summed E-state index contributed by atoms with van der Waals surface area (Å²) in [6, 6.07) is 20.6. The number of benzene rings is 2. The minimum Gasteiger partial charge on any atom is -0.407 e. The zero-order valence-electron chi connectivity index (χ0n) is 15.5. The highest BCUT2D eigenvalue weighted by Gasteiger charge is 2.50. The zero-order valence-corrected chi connectivity index (χ0v) is 16.5. The van der Waals surface area contributed by atoms with Gasteiger partial charge in [-0.05, 0) is 20.9 Å². The third kappa shape index (κ3) is 3.69. The summed E-state index contributed by atoms with van der Waals surface area (Å²) in [5, 5.41) is 6.25. The van der Waals surface area contributed by atoms with Gasteiger partial charge in [0.1, 0.15) is 0 Å². The van der Waals surface area contributed by atoms with Crippen LogP contribution in [0.2, 0.25) is 5.04 Å². The summed E-state index contributed by atoms with van der Waals surface area (Å²) in [7, 11) is -2.60. The normalized spacial score (nSPS) is 18.0. The van der Waals surface area contributed by atoms with Gasteiger partial charge in [-0.15, -0.1) is 0 Å². The Morgan fingerprint density at radius 2 is 1.62 bits per heavy atom. The lowest BCUT2D eigenvalue weighted by Crippen LogP contribution is -2.67. The highest BCUT2D eigenvalue weighted by Crippen LogP contribution is 2.37. The van der Waals surface area contributed by atoms with Crippen LogP contribution < -0.4 is 10.4 Å². The van der Waals surface area contributed by atoms with Crippen molar-refractivity contribution in [1.82, 2.24) is 0 Å². The summed E-state index contributed by atoms with van der Waals surface area (Å²) in [6.07, 6.45) is -0.0240. The number of nitrogens with zero attached hydrogens (tertiary/aromatic N) is 3. The van der Waals surface area contributed by atoms with Crippen LogP contribution in [0.5, 0.6) is 0 Å². The first-order chi connectivity index (χ1) is 12.5. The van der Waals surface area contributed by atoms with Gasteiger partial charge in [0.15, 0.2) is 0 Å². The van der Waals surface area contributed by atoms with Crippen LogP contribution >= 0.6 is 0 Å². The Hall–Kier alpha value is -2.11. The Morgan fingerprint density at radius 1 is 1.12 bits per heavy atom. The van der Waals surface area contributed by atoms with Crippen LogP contribution in [-0.4, -0.2) is 33.7 Å². The molecule has 1 aliphatic heterocycles. The van der Waals surface area contributed by atoms with E-state index >= 15 is 0 Å². The maximum Gasteiger partial charge on any atom is 0.261 e. The van der Waals surface area contributed by atoms with Gasteiger partial charge in [0.25, 0.3) is 8.32 Å². The highest BCUT2D eigenvalue weighted by atomic mass is 28.4. The molecule has 26 heavy (non-hydrogen) atoms. The molecular formula is C20H25N3O2Si. The van der Waals surface area contributed by atoms with E-state index in [9.17, 15) is 0 Å². The molecule has 0 unspecified atom stereocenters. The quantitative estimate of drug-likeness (QED) is 0.246. The molecule has 136 valence electrons. The highest BCUT2D eigenvalue weighted by molar-refractivity contribution is 6.99. The molecule has 1 heterocycles. The fourth-order valence-electron chi connectivity index (χ4n) is 3.53. The lowest BCUT2D eigenvalue weighted by Gasteiger charge is -2.43. The second-order valence-corrected chi connectivity index (χ2v) is 11.9. The molecule has 0 bridgehead atoms. The van der Waals surface area contributed by atoms with Gasteiger partial charge in [0, 0.05) is 11.5 Å². The Morgan fingerprint density at radius 3 is 2.00 bits per heavy atom. The molecule has 3 rings (SSSR count). The van der Waals surface area contributed by atoms with Gasteiger partial charge in [-0.25, -0.2) is 0 Å². The Balaban J connectivity index is 2.06. The average Bonchev–Trinajstić information content (AvgIpc) is 3.47. The molecule has 2 aromatic rings. The smallest absolute Gasteiger partial charge is 0.261 e. The van der Waals surface area contributed by atoms with E-state index in [0.717, 1.165) is 0 Å². The van der Waals surface area contributed by atoms with Gasteiger partial charge in [0.2, 0.25) is 0 Å². The molecule has 0 amide bonds. The minimum absolute atomic E-state index is 0.0240. The van der Waals surface area contributed by atoms with Crippen molar-refractivity contribution in [1.29, 1.82) is 0 Å². The number of ether oxygens (including phenoxy) is 1. The van der Waals surface area contributed by atoms with Crippen LogP contribution in [0, 0.1) is 0 Å². The van der Waals surface area contributed by atoms with Crippen molar-refractivity contribution in [3.8, 4) is 0 Å². The fraction of sp³-hybridized carbons (Fsp3) is 0.400. The molecule has 2 aromatic carbocycles. The monoisotopic (exact) mass is 367 g/mol. The van der Waals surface area contributed by atoms with E-state index in [1.807, 2.05) is 12.1 Å². The van der Waals surface area contributed by atoms with Crippen molar-refractivity contribution < 1.29 is 9.16 Å². The molecule has 2 atom stereocenters. The molecule has 0 aliphatic carbocycles. The molecule has 6 heteroatoms. The van der Waals surface area contributed by atoms with Crippen LogP contribution in [0.15, 0.2) is 65.8 Å². The molecule has 0 spiro atoms. The van der Waals surface area contributed by atoms with Gasteiger partial charge in [-0.3, -0.25) is 0 Å². The molecule has 0 radical (unpaired) electrons. The van der Waals surface area contributed by atoms with Crippen LogP contribution in [0.4, 0.5) is 0 Å². The fourth-order valence-corrected chi connectivity index (χ4v) is 8.11. The van der Waals surface area contributed by atoms with Gasteiger partial charge < -0.3 is 9.16 Å². The Kier molecular flexibility index (Phi) is 5.49. The third-order valence-corrected chi connectivity index (χ3v) is 9.88. The van der Waals surface area contributed by atoms with E-state index in [2.05, 4.69) is 79.3 Å². The van der Waals surface area contributed by atoms with Crippen LogP contribution in [-0.2, 0) is 9.16 Å². The molecular weight excluding hydrogens is 342 g/mol. The molecule has 5 nitrogen and oxygen atoms in total. The third-order valence-electron chi connectivity index (χ3n) is 4.88. The van der Waals surface area contributed by atoms with Gasteiger partial charge in [-0.2, -0.15) is 0 Å². The summed E-state index contributed by atoms with van der Waals surface area (Å²) in [4.78, 5) is 2.99. The number of epoxide rings is 1. The van der Waals surface area contributed by atoms with E-state index in [1.54, 1.807) is 0 Å². The number of hydrogen-bond acceptors (Lipinski definition) is 3. The topological polar surface area (TPSA) is 70.5 Å². The molecule has 0 N–H and O–H groups in total. The van der Waals surface area contributed by atoms with Crippen LogP contribution in [0.25, 0.3) is 10.4 Å². The Bertz CT molecular complexity index is 727. The number of rotatable bonds is 7. The lowest BCUT2D eigenvalue weighted by molar-refractivity contribution is 0.243. The predicted octanol–water partition coefficient (Wildman–Crippen LogP) is 3.64. The second kappa shape index (κ2) is 7.64. The minimum atomic E-state index is -2.60. The number of hydrogen-bond donors (Lipinski definition) is 0. The van der Waals surface area contributed by atoms with Crippen LogP contribution in [0.3, 0.4) is 0 Å². The van der Waals surface area contributed by atoms with Crippen molar-refractivity contribution in [2.75, 3.05) is 13.2 Å². The van der Waals surface area contributed by atoms with Crippen molar-refractivity contribution in [2.24, 2.45) is 5.11 Å². The lowest BCUT2D eigenvalue weighted by atomic mass is 10.2. The van der Waals surface area contributed by atoms with E-state index in [4.69, 9.17) is 14.7 Å². The standard InChI is InChI=1S/C20H25N3O2Si/c1-20(2,3)26(16-10-6-4-7-11-16,17-12-8-5-9-13-17)25-14-18(22-23-21)19-15-24-19/h4-13,18-19H,14-15H2,1-3H3/t18-,19+/m1/s1. The predicted molar refractivity (Wildman–Crippen MR) is 106 cm³/mol. The molecule has 0 saturated carbocycles. The van der Waals surface area contributed by atoms with E-state index < -0.39 is 8.32 Å². The molecule has 1 saturated heterocycles. The molecule has 1 aliphatic rings. The van der Waals surface area contributed by atoms with E-state index in [-0.39, 0.29) is 17.2 Å². The van der Waals surface area contributed by atoms with E-state index in [0.29, 0.717) is 13.2 Å². The first-order valence-electron chi connectivity index (χ1n) is 8.90. The Labute approximate surface area is 155 Å². The molecule has 1 fully saturated rings. The average molecular weight is 368 g/mol. The summed E-state index contributed by atoms with van der Waals surface area (Å²) >= 11 is 0. The first kappa shape index (κ1) is 18.7. The maximum absolute atomic E-state index is 8.90. The molecule has 0 aromatic heterocycles. The maximum atomic E-state index is 8.90. The van der Waals surface area contributed by atoms with Crippen molar-refractivity contribution in [3.63, 3.8) is 0 Å². The van der Waals surface area contributed by atoms with Gasteiger partial charge in [-0.1, -0.05) is 86.5 Å². The van der Waals surface area contributed by atoms with Crippen LogP contribution in [0.1, 0.15) is 20.8 Å². The zero-order chi connectivity index (χ0) is 18.6. The first-order valence-corrected chi connectivity index (χ1v) is 10.8. The second-order valence-electron chi connectivity index (χ2n) is 7.62. The summed E-state index contributed by atoms with van der Waals surface area (Å²) < 4.78 is 12.1. The van der Waals surface area contributed by atoms with Crippen molar-refractivity contribution in [2.45, 2.75) is 38.0 Å². The summed E-state index contributed by atoms with van der Waals surface area (Å²) in [5.74, 6) is 0.